The molecular formula is C25H27N3O2S. The van der Waals surface area contributed by atoms with Gasteiger partial charge in [-0.05, 0) is 30.8 Å². The zero-order valence-corrected chi connectivity index (χ0v) is 18.5. The van der Waals surface area contributed by atoms with Crippen molar-refractivity contribution in [2.45, 2.75) is 12.6 Å². The highest BCUT2D eigenvalue weighted by molar-refractivity contribution is 7.17. The number of fused-ring (bicyclic) bond motifs is 3. The molecule has 1 fully saturated rings. The SMILES string of the molecule is CN1CCN(CC(NC(=O)c2cc3c(s2)-c2ccccc2OC3)c2ccccc2)CC1. The summed E-state index contributed by atoms with van der Waals surface area (Å²) < 4.78 is 5.87. The predicted molar refractivity (Wildman–Crippen MR) is 125 cm³/mol. The van der Waals surface area contributed by atoms with E-state index in [1.165, 1.54) is 0 Å². The fraction of sp³-hybridized carbons (Fsp3) is 0.320. The topological polar surface area (TPSA) is 44.8 Å². The molecule has 1 saturated heterocycles. The molecule has 5 nitrogen and oxygen atoms in total. The highest BCUT2D eigenvalue weighted by Gasteiger charge is 2.25. The molecule has 160 valence electrons. The van der Waals surface area contributed by atoms with Crippen LogP contribution in [0.3, 0.4) is 0 Å². The molecule has 0 saturated carbocycles. The Balaban J connectivity index is 1.36. The number of likely N-dealkylation sites (N-methyl/N-ethyl adjacent to an activating group) is 1. The summed E-state index contributed by atoms with van der Waals surface area (Å²) in [4.78, 5) is 20.0. The van der Waals surface area contributed by atoms with Gasteiger partial charge in [-0.3, -0.25) is 9.69 Å². The molecule has 2 aliphatic rings. The summed E-state index contributed by atoms with van der Waals surface area (Å²) in [5, 5.41) is 3.32. The van der Waals surface area contributed by atoms with E-state index in [2.05, 4.69) is 40.4 Å². The molecule has 1 amide bonds. The van der Waals surface area contributed by atoms with Gasteiger partial charge in [0.15, 0.2) is 0 Å². The third-order valence-electron chi connectivity index (χ3n) is 6.09. The second-order valence-electron chi connectivity index (χ2n) is 8.29. The fourth-order valence-electron chi connectivity index (χ4n) is 4.25. The van der Waals surface area contributed by atoms with Gasteiger partial charge in [0.25, 0.3) is 5.91 Å². The molecule has 5 rings (SSSR count). The van der Waals surface area contributed by atoms with Gasteiger partial charge in [0, 0.05) is 48.7 Å². The van der Waals surface area contributed by atoms with Crippen molar-refractivity contribution < 1.29 is 9.53 Å². The Bertz CT molecular complexity index is 1060. The first-order chi connectivity index (χ1) is 15.2. The lowest BCUT2D eigenvalue weighted by Gasteiger charge is -2.35. The van der Waals surface area contributed by atoms with Gasteiger partial charge in [-0.2, -0.15) is 0 Å². The van der Waals surface area contributed by atoms with E-state index in [-0.39, 0.29) is 11.9 Å². The maximum Gasteiger partial charge on any atom is 0.261 e. The molecule has 2 aliphatic heterocycles. The number of thiophene rings is 1. The van der Waals surface area contributed by atoms with Gasteiger partial charge >= 0.3 is 0 Å². The Kier molecular flexibility index (Phi) is 5.76. The van der Waals surface area contributed by atoms with Crippen LogP contribution >= 0.6 is 11.3 Å². The van der Waals surface area contributed by atoms with Gasteiger partial charge < -0.3 is 15.0 Å². The highest BCUT2D eigenvalue weighted by Crippen LogP contribution is 2.42. The average Bonchev–Trinajstić information content (AvgIpc) is 3.26. The number of amides is 1. The molecule has 0 radical (unpaired) electrons. The van der Waals surface area contributed by atoms with Crippen LogP contribution in [0.5, 0.6) is 5.75 Å². The number of nitrogens with one attached hydrogen (secondary N) is 1. The molecule has 0 aliphatic carbocycles. The summed E-state index contributed by atoms with van der Waals surface area (Å²) in [5.74, 6) is 0.876. The van der Waals surface area contributed by atoms with Gasteiger partial charge in [-0.25, -0.2) is 0 Å². The van der Waals surface area contributed by atoms with Crippen molar-refractivity contribution in [2.24, 2.45) is 0 Å². The fourth-order valence-corrected chi connectivity index (χ4v) is 5.35. The molecule has 0 spiro atoms. The molecule has 2 aromatic carbocycles. The average molecular weight is 434 g/mol. The minimum Gasteiger partial charge on any atom is -0.488 e. The molecule has 6 heteroatoms. The smallest absolute Gasteiger partial charge is 0.261 e. The van der Waals surface area contributed by atoms with Crippen molar-refractivity contribution >= 4 is 17.2 Å². The molecule has 1 unspecified atom stereocenters. The van der Waals surface area contributed by atoms with Crippen LogP contribution in [0.4, 0.5) is 0 Å². The maximum atomic E-state index is 13.3. The van der Waals surface area contributed by atoms with E-state index in [9.17, 15) is 4.79 Å². The van der Waals surface area contributed by atoms with Crippen molar-refractivity contribution in [3.8, 4) is 16.2 Å². The Morgan fingerprint density at radius 2 is 1.81 bits per heavy atom. The third kappa shape index (κ3) is 4.37. The van der Waals surface area contributed by atoms with Crippen LogP contribution in [0, 0.1) is 0 Å². The highest BCUT2D eigenvalue weighted by atomic mass is 32.1. The first-order valence-corrected chi connectivity index (χ1v) is 11.6. The zero-order valence-electron chi connectivity index (χ0n) is 17.7. The number of para-hydroxylation sites is 1. The van der Waals surface area contributed by atoms with E-state index in [0.29, 0.717) is 6.61 Å². The van der Waals surface area contributed by atoms with Crippen LogP contribution in [-0.4, -0.2) is 55.5 Å². The number of piperazine rings is 1. The summed E-state index contributed by atoms with van der Waals surface area (Å²) in [6, 6.07) is 20.3. The van der Waals surface area contributed by atoms with E-state index in [0.717, 1.165) is 64.9 Å². The number of nitrogens with zero attached hydrogens (tertiary/aromatic N) is 2. The number of ether oxygens (including phenoxy) is 1. The lowest BCUT2D eigenvalue weighted by atomic mass is 10.1. The first-order valence-electron chi connectivity index (χ1n) is 10.8. The van der Waals surface area contributed by atoms with Gasteiger partial charge in [0.05, 0.1) is 10.9 Å². The van der Waals surface area contributed by atoms with Crippen molar-refractivity contribution in [1.82, 2.24) is 15.1 Å². The summed E-state index contributed by atoms with van der Waals surface area (Å²) >= 11 is 1.56. The van der Waals surface area contributed by atoms with E-state index < -0.39 is 0 Å². The van der Waals surface area contributed by atoms with E-state index in [1.54, 1.807) is 11.3 Å². The largest absolute Gasteiger partial charge is 0.488 e. The minimum atomic E-state index is -0.0419. The summed E-state index contributed by atoms with van der Waals surface area (Å²) in [7, 11) is 2.16. The predicted octanol–water partition coefficient (Wildman–Crippen LogP) is 4.03. The quantitative estimate of drug-likeness (QED) is 0.660. The molecule has 0 bridgehead atoms. The molecule has 31 heavy (non-hydrogen) atoms. The van der Waals surface area contributed by atoms with Crippen LogP contribution in [0.2, 0.25) is 0 Å². The molecule has 3 aromatic rings. The first kappa shape index (κ1) is 20.2. The van der Waals surface area contributed by atoms with Crippen molar-refractivity contribution in [3.63, 3.8) is 0 Å². The van der Waals surface area contributed by atoms with Gasteiger partial charge in [-0.15, -0.1) is 11.3 Å². The Morgan fingerprint density at radius 3 is 2.61 bits per heavy atom. The third-order valence-corrected chi connectivity index (χ3v) is 7.30. The van der Waals surface area contributed by atoms with Gasteiger partial charge in [-0.1, -0.05) is 42.5 Å². The Labute approximate surface area is 187 Å². The van der Waals surface area contributed by atoms with Crippen LogP contribution < -0.4 is 10.1 Å². The monoisotopic (exact) mass is 433 g/mol. The molecule has 1 N–H and O–H groups in total. The van der Waals surface area contributed by atoms with Crippen LogP contribution in [0.1, 0.15) is 26.8 Å². The van der Waals surface area contributed by atoms with Crippen molar-refractivity contribution in [2.75, 3.05) is 39.8 Å². The van der Waals surface area contributed by atoms with Crippen LogP contribution in [0.15, 0.2) is 60.7 Å². The number of benzene rings is 2. The second-order valence-corrected chi connectivity index (χ2v) is 9.34. The molecular weight excluding hydrogens is 406 g/mol. The van der Waals surface area contributed by atoms with Crippen molar-refractivity contribution in [1.29, 1.82) is 0 Å². The standard InChI is InChI=1S/C25H27N3O2S/c1-27-11-13-28(14-12-27)16-21(18-7-3-2-4-8-18)26-25(29)23-15-19-17-30-22-10-6-5-9-20(22)24(19)31-23/h2-10,15,21H,11-14,16-17H2,1H3,(H,26,29). The summed E-state index contributed by atoms with van der Waals surface area (Å²) in [6.07, 6.45) is 0. The molecule has 1 atom stereocenters. The maximum absolute atomic E-state index is 13.3. The van der Waals surface area contributed by atoms with E-state index in [4.69, 9.17) is 4.74 Å². The Hall–Kier alpha value is -2.67. The van der Waals surface area contributed by atoms with Crippen LogP contribution in [0.25, 0.3) is 10.4 Å². The summed E-state index contributed by atoms with van der Waals surface area (Å²) in [5.41, 5.74) is 3.30. The minimum absolute atomic E-state index is 0.0140. The molecule has 1 aromatic heterocycles. The van der Waals surface area contributed by atoms with E-state index in [1.807, 2.05) is 42.5 Å². The normalized spacial score (nSPS) is 17.3. The van der Waals surface area contributed by atoms with E-state index >= 15 is 0 Å². The molecule has 3 heterocycles. The number of carbonyl (C=O) groups excluding carboxylic acids is 1. The van der Waals surface area contributed by atoms with Crippen LogP contribution in [-0.2, 0) is 6.61 Å². The lowest BCUT2D eigenvalue weighted by Crippen LogP contribution is -2.47. The number of rotatable bonds is 5. The van der Waals surface area contributed by atoms with Gasteiger partial charge in [0.1, 0.15) is 12.4 Å². The van der Waals surface area contributed by atoms with Gasteiger partial charge in [0.2, 0.25) is 0 Å². The number of hydrogen-bond acceptors (Lipinski definition) is 5. The Morgan fingerprint density at radius 1 is 1.06 bits per heavy atom. The lowest BCUT2D eigenvalue weighted by molar-refractivity contribution is 0.0911. The summed E-state index contributed by atoms with van der Waals surface area (Å²) in [6.45, 7) is 5.51. The number of hydrogen-bond donors (Lipinski definition) is 1. The number of carbonyl (C=O) groups is 1. The second kappa shape index (κ2) is 8.83. The zero-order chi connectivity index (χ0) is 21.2. The van der Waals surface area contributed by atoms with Crippen molar-refractivity contribution in [3.05, 3.63) is 76.7 Å².